The number of aromatic carboxylic acids is 1. The minimum Gasteiger partial charge on any atom is -0.478 e. The lowest BCUT2D eigenvalue weighted by molar-refractivity contribution is 0.0691. The Balaban J connectivity index is 3.11. The van der Waals surface area contributed by atoms with E-state index in [1.807, 2.05) is 0 Å². The number of rotatable bonds is 6. The van der Waals surface area contributed by atoms with Crippen molar-refractivity contribution in [2.24, 2.45) is 0 Å². The van der Waals surface area contributed by atoms with E-state index in [0.29, 0.717) is 6.07 Å². The maximum Gasteiger partial charge on any atom is 0.338 e. The van der Waals surface area contributed by atoms with Gasteiger partial charge in [-0.2, -0.15) is 0 Å². The molecule has 0 fully saturated rings. The van der Waals surface area contributed by atoms with E-state index in [-0.39, 0.29) is 5.75 Å². The zero-order chi connectivity index (χ0) is 15.6. The lowest BCUT2D eigenvalue weighted by atomic mass is 10.2. The third kappa shape index (κ3) is 4.01. The van der Waals surface area contributed by atoms with Gasteiger partial charge in [-0.1, -0.05) is 6.92 Å². The molecule has 0 bridgehead atoms. The molecule has 1 rings (SSSR count). The number of carboxylic acid groups (broad SMARTS) is 1. The van der Waals surface area contributed by atoms with Crippen molar-refractivity contribution < 1.29 is 31.1 Å². The molecule has 0 aliphatic heterocycles. The Labute approximate surface area is 116 Å². The Hall–Kier alpha value is -1.48. The van der Waals surface area contributed by atoms with Crippen molar-refractivity contribution in [1.29, 1.82) is 0 Å². The monoisotopic (exact) mass is 324 g/mol. The van der Waals surface area contributed by atoms with Crippen LogP contribution in [0.5, 0.6) is 0 Å². The molecule has 0 atom stereocenters. The summed E-state index contributed by atoms with van der Waals surface area (Å²) in [6.07, 6.45) is 0. The highest BCUT2D eigenvalue weighted by molar-refractivity contribution is 7.95. The van der Waals surface area contributed by atoms with Gasteiger partial charge < -0.3 is 5.11 Å². The molecule has 0 saturated heterocycles. The van der Waals surface area contributed by atoms with Crippen LogP contribution in [-0.2, 0) is 19.7 Å². The molecule has 20 heavy (non-hydrogen) atoms. The SMILES string of the molecule is CCS(=O)(=O)CCS(=O)(=O)c1ccc(F)c(C(=O)O)c1. The highest BCUT2D eigenvalue weighted by Crippen LogP contribution is 2.17. The Morgan fingerprint density at radius 2 is 1.80 bits per heavy atom. The standard InChI is InChI=1S/C11H13FO6S2/c1-2-19(15,16)5-6-20(17,18)8-3-4-10(12)9(7-8)11(13)14/h3-4,7H,2,5-6H2,1H3,(H,13,14). The quantitative estimate of drug-likeness (QED) is 0.773. The van der Waals surface area contributed by atoms with E-state index >= 15 is 0 Å². The molecule has 1 aromatic rings. The van der Waals surface area contributed by atoms with Gasteiger partial charge in [0.05, 0.1) is 22.0 Å². The largest absolute Gasteiger partial charge is 0.478 e. The molecule has 0 saturated carbocycles. The predicted octanol–water partition coefficient (Wildman–Crippen LogP) is 0.732. The summed E-state index contributed by atoms with van der Waals surface area (Å²) in [7, 11) is -7.45. The number of hydrogen-bond donors (Lipinski definition) is 1. The van der Waals surface area contributed by atoms with Gasteiger partial charge in [0.25, 0.3) is 0 Å². The first-order valence-electron chi connectivity index (χ1n) is 5.55. The molecule has 0 aliphatic rings. The molecule has 6 nitrogen and oxygen atoms in total. The summed E-state index contributed by atoms with van der Waals surface area (Å²) in [5, 5.41) is 8.72. The van der Waals surface area contributed by atoms with Crippen molar-refractivity contribution in [3.8, 4) is 0 Å². The fourth-order valence-corrected chi connectivity index (χ4v) is 4.35. The topological polar surface area (TPSA) is 106 Å². The summed E-state index contributed by atoms with van der Waals surface area (Å²) >= 11 is 0. The van der Waals surface area contributed by atoms with Crippen LogP contribution in [0.4, 0.5) is 4.39 Å². The van der Waals surface area contributed by atoms with Gasteiger partial charge in [0, 0.05) is 5.75 Å². The Morgan fingerprint density at radius 3 is 2.30 bits per heavy atom. The van der Waals surface area contributed by atoms with Gasteiger partial charge in [0.1, 0.15) is 5.82 Å². The second-order valence-corrected chi connectivity index (χ2v) is 8.58. The summed E-state index contributed by atoms with van der Waals surface area (Å²) in [5.74, 6) is -4.08. The van der Waals surface area contributed by atoms with Crippen LogP contribution in [0, 0.1) is 5.82 Å². The van der Waals surface area contributed by atoms with Crippen LogP contribution in [0.3, 0.4) is 0 Å². The van der Waals surface area contributed by atoms with Crippen LogP contribution in [-0.4, -0.2) is 45.2 Å². The molecule has 0 spiro atoms. The Kier molecular flexibility index (Phi) is 4.87. The van der Waals surface area contributed by atoms with Crippen molar-refractivity contribution in [2.45, 2.75) is 11.8 Å². The van der Waals surface area contributed by atoms with E-state index in [1.165, 1.54) is 6.92 Å². The van der Waals surface area contributed by atoms with E-state index < -0.39 is 53.4 Å². The number of carbonyl (C=O) groups is 1. The molecule has 0 heterocycles. The van der Waals surface area contributed by atoms with Crippen LogP contribution < -0.4 is 0 Å². The second-order valence-electron chi connectivity index (χ2n) is 4.00. The van der Waals surface area contributed by atoms with Crippen molar-refractivity contribution in [3.05, 3.63) is 29.6 Å². The zero-order valence-corrected chi connectivity index (χ0v) is 12.2. The maximum atomic E-state index is 13.2. The highest BCUT2D eigenvalue weighted by atomic mass is 32.2. The van der Waals surface area contributed by atoms with Crippen LogP contribution in [0.25, 0.3) is 0 Å². The van der Waals surface area contributed by atoms with Crippen LogP contribution in [0.2, 0.25) is 0 Å². The minimum absolute atomic E-state index is 0.188. The molecule has 0 aromatic heterocycles. The summed E-state index contributed by atoms with van der Waals surface area (Å²) in [6, 6.07) is 2.33. The smallest absolute Gasteiger partial charge is 0.338 e. The summed E-state index contributed by atoms with van der Waals surface area (Å²) in [6.45, 7) is 1.39. The fourth-order valence-electron chi connectivity index (χ4n) is 1.36. The van der Waals surface area contributed by atoms with Crippen molar-refractivity contribution in [1.82, 2.24) is 0 Å². The van der Waals surface area contributed by atoms with Gasteiger partial charge in [-0.05, 0) is 18.2 Å². The number of benzene rings is 1. The van der Waals surface area contributed by atoms with E-state index in [0.717, 1.165) is 12.1 Å². The van der Waals surface area contributed by atoms with Gasteiger partial charge >= 0.3 is 5.97 Å². The van der Waals surface area contributed by atoms with E-state index in [2.05, 4.69) is 0 Å². The third-order valence-electron chi connectivity index (χ3n) is 2.63. The predicted molar refractivity (Wildman–Crippen MR) is 69.7 cm³/mol. The minimum atomic E-state index is -3.99. The maximum absolute atomic E-state index is 13.2. The van der Waals surface area contributed by atoms with Gasteiger partial charge in [0.15, 0.2) is 19.7 Å². The van der Waals surface area contributed by atoms with Crippen LogP contribution in [0.1, 0.15) is 17.3 Å². The first kappa shape index (κ1) is 16.6. The van der Waals surface area contributed by atoms with Gasteiger partial charge in [-0.3, -0.25) is 0 Å². The van der Waals surface area contributed by atoms with E-state index in [1.54, 1.807) is 0 Å². The van der Waals surface area contributed by atoms with Gasteiger partial charge in [0.2, 0.25) is 0 Å². The number of hydrogen-bond acceptors (Lipinski definition) is 5. The molecule has 9 heteroatoms. The first-order valence-corrected chi connectivity index (χ1v) is 9.02. The second kappa shape index (κ2) is 5.88. The molecule has 0 aliphatic carbocycles. The summed E-state index contributed by atoms with van der Waals surface area (Å²) in [4.78, 5) is 10.3. The molecule has 0 amide bonds. The van der Waals surface area contributed by atoms with Crippen molar-refractivity contribution >= 4 is 25.6 Å². The van der Waals surface area contributed by atoms with Gasteiger partial charge in [-0.15, -0.1) is 0 Å². The molecule has 1 aromatic carbocycles. The van der Waals surface area contributed by atoms with Crippen molar-refractivity contribution in [3.63, 3.8) is 0 Å². The summed E-state index contributed by atoms with van der Waals surface area (Å²) in [5.41, 5.74) is -0.774. The molecule has 112 valence electrons. The van der Waals surface area contributed by atoms with Gasteiger partial charge in [-0.25, -0.2) is 26.0 Å². The molecule has 1 N–H and O–H groups in total. The Bertz CT molecular complexity index is 721. The lowest BCUT2D eigenvalue weighted by Crippen LogP contribution is -2.19. The Morgan fingerprint density at radius 1 is 1.20 bits per heavy atom. The van der Waals surface area contributed by atoms with E-state index in [9.17, 15) is 26.0 Å². The number of halogens is 1. The fraction of sp³-hybridized carbons (Fsp3) is 0.364. The zero-order valence-electron chi connectivity index (χ0n) is 10.5. The molecular weight excluding hydrogens is 311 g/mol. The van der Waals surface area contributed by atoms with Crippen molar-refractivity contribution in [2.75, 3.05) is 17.3 Å². The summed E-state index contributed by atoms with van der Waals surface area (Å²) < 4.78 is 59.5. The molecule has 0 radical (unpaired) electrons. The average molecular weight is 324 g/mol. The van der Waals surface area contributed by atoms with E-state index in [4.69, 9.17) is 5.11 Å². The number of sulfone groups is 2. The van der Waals surface area contributed by atoms with Crippen LogP contribution >= 0.6 is 0 Å². The first-order chi connectivity index (χ1) is 9.09. The number of carboxylic acids is 1. The van der Waals surface area contributed by atoms with Crippen LogP contribution in [0.15, 0.2) is 23.1 Å². The molecular formula is C11H13FO6S2. The highest BCUT2D eigenvalue weighted by Gasteiger charge is 2.21. The lowest BCUT2D eigenvalue weighted by Gasteiger charge is -2.06. The third-order valence-corrected chi connectivity index (χ3v) is 6.31. The normalized spacial score (nSPS) is 12.3. The molecule has 0 unspecified atom stereocenters. The average Bonchev–Trinajstić information content (AvgIpc) is 2.36.